The van der Waals surface area contributed by atoms with Crippen molar-refractivity contribution in [3.05, 3.63) is 34.9 Å². The van der Waals surface area contributed by atoms with E-state index in [1.807, 2.05) is 6.07 Å². The van der Waals surface area contributed by atoms with Crippen molar-refractivity contribution >= 4 is 11.6 Å². The molecule has 2 heteroatoms. The van der Waals surface area contributed by atoms with Crippen LogP contribution in [-0.2, 0) is 0 Å². The summed E-state index contributed by atoms with van der Waals surface area (Å²) >= 11 is 6.16. The Morgan fingerprint density at radius 3 is 2.74 bits per heavy atom. The maximum atomic E-state index is 6.16. The molecule has 0 spiro atoms. The molecule has 1 saturated carbocycles. The molecular weight excluding hydrogens is 254 g/mol. The van der Waals surface area contributed by atoms with Crippen molar-refractivity contribution < 1.29 is 0 Å². The molecule has 0 heterocycles. The first-order valence-electron chi connectivity index (χ1n) is 7.65. The molecule has 1 aromatic carbocycles. The molecule has 1 aliphatic rings. The van der Waals surface area contributed by atoms with Crippen LogP contribution in [0.4, 0.5) is 0 Å². The van der Waals surface area contributed by atoms with Crippen LogP contribution >= 0.6 is 11.6 Å². The van der Waals surface area contributed by atoms with Crippen LogP contribution in [0, 0.1) is 5.92 Å². The summed E-state index contributed by atoms with van der Waals surface area (Å²) < 4.78 is 0. The molecular formula is C17H26ClN. The van der Waals surface area contributed by atoms with Gasteiger partial charge < -0.3 is 5.32 Å². The van der Waals surface area contributed by atoms with Gasteiger partial charge in [0.05, 0.1) is 0 Å². The molecule has 1 fully saturated rings. The van der Waals surface area contributed by atoms with Gasteiger partial charge in [0.15, 0.2) is 0 Å². The van der Waals surface area contributed by atoms with Crippen LogP contribution in [0.25, 0.3) is 0 Å². The molecule has 2 unspecified atom stereocenters. The topological polar surface area (TPSA) is 12.0 Å². The quantitative estimate of drug-likeness (QED) is 0.765. The van der Waals surface area contributed by atoms with Gasteiger partial charge in [-0.05, 0) is 48.9 Å². The highest BCUT2D eigenvalue weighted by Crippen LogP contribution is 2.37. The molecule has 19 heavy (non-hydrogen) atoms. The zero-order chi connectivity index (χ0) is 13.7. The molecule has 1 nitrogen and oxygen atoms in total. The Labute approximate surface area is 122 Å². The van der Waals surface area contributed by atoms with Crippen molar-refractivity contribution in [2.45, 2.75) is 57.9 Å². The molecule has 1 aromatic rings. The summed E-state index contributed by atoms with van der Waals surface area (Å²) in [5.74, 6) is 1.43. The van der Waals surface area contributed by atoms with Gasteiger partial charge in [-0.15, -0.1) is 0 Å². The molecule has 1 aliphatic carbocycles. The zero-order valence-electron chi connectivity index (χ0n) is 12.2. The van der Waals surface area contributed by atoms with E-state index in [1.54, 1.807) is 0 Å². The predicted molar refractivity (Wildman–Crippen MR) is 83.9 cm³/mol. The Morgan fingerprint density at radius 2 is 2.00 bits per heavy atom. The molecule has 0 amide bonds. The Hall–Kier alpha value is -0.530. The van der Waals surface area contributed by atoms with Gasteiger partial charge in [-0.3, -0.25) is 0 Å². The molecule has 0 bridgehead atoms. The fourth-order valence-electron chi connectivity index (χ4n) is 3.19. The maximum absolute atomic E-state index is 6.16. The van der Waals surface area contributed by atoms with Gasteiger partial charge in [0.25, 0.3) is 0 Å². The average Bonchev–Trinajstić information content (AvgIpc) is 2.61. The van der Waals surface area contributed by atoms with E-state index < -0.39 is 0 Å². The lowest BCUT2D eigenvalue weighted by Crippen LogP contribution is -2.31. The highest BCUT2D eigenvalue weighted by atomic mass is 35.5. The second-order valence-corrected chi connectivity index (χ2v) is 6.56. The van der Waals surface area contributed by atoms with E-state index in [9.17, 15) is 0 Å². The van der Waals surface area contributed by atoms with Crippen LogP contribution < -0.4 is 5.32 Å². The van der Waals surface area contributed by atoms with Crippen molar-refractivity contribution in [3.63, 3.8) is 0 Å². The zero-order valence-corrected chi connectivity index (χ0v) is 12.9. The van der Waals surface area contributed by atoms with Gasteiger partial charge in [0, 0.05) is 11.1 Å². The average molecular weight is 280 g/mol. The van der Waals surface area contributed by atoms with E-state index in [-0.39, 0.29) is 0 Å². The van der Waals surface area contributed by atoms with E-state index >= 15 is 0 Å². The summed E-state index contributed by atoms with van der Waals surface area (Å²) in [4.78, 5) is 0. The standard InChI is InChI=1S/C17H26ClN/c1-13(2)19-12-15-7-4-3-5-10-17(15)14-8-6-9-16(18)11-14/h6,8-9,11,13,15,17,19H,3-5,7,10,12H2,1-2H3. The summed E-state index contributed by atoms with van der Waals surface area (Å²) in [6, 6.07) is 9.06. The van der Waals surface area contributed by atoms with Crippen molar-refractivity contribution in [2.75, 3.05) is 6.54 Å². The first kappa shape index (κ1) is 14.9. The number of halogens is 1. The van der Waals surface area contributed by atoms with Crippen molar-refractivity contribution in [3.8, 4) is 0 Å². The van der Waals surface area contributed by atoms with Gasteiger partial charge in [-0.25, -0.2) is 0 Å². The number of rotatable bonds is 4. The third kappa shape index (κ3) is 4.50. The third-order valence-corrected chi connectivity index (χ3v) is 4.46. The van der Waals surface area contributed by atoms with Gasteiger partial charge in [0.1, 0.15) is 0 Å². The summed E-state index contributed by atoms with van der Waals surface area (Å²) in [5, 5.41) is 4.50. The van der Waals surface area contributed by atoms with Crippen LogP contribution in [0.5, 0.6) is 0 Å². The molecule has 0 radical (unpaired) electrons. The summed E-state index contributed by atoms with van der Waals surface area (Å²) in [7, 11) is 0. The van der Waals surface area contributed by atoms with Crippen LogP contribution in [-0.4, -0.2) is 12.6 Å². The van der Waals surface area contributed by atoms with Gasteiger partial charge in [-0.2, -0.15) is 0 Å². The minimum absolute atomic E-state index is 0.572. The van der Waals surface area contributed by atoms with E-state index in [0.717, 1.165) is 17.5 Å². The fraction of sp³-hybridized carbons (Fsp3) is 0.647. The van der Waals surface area contributed by atoms with Crippen molar-refractivity contribution in [1.82, 2.24) is 5.32 Å². The number of benzene rings is 1. The van der Waals surface area contributed by atoms with Crippen LogP contribution in [0.1, 0.15) is 57.4 Å². The normalized spacial score (nSPS) is 24.4. The Kier molecular flexibility index (Phi) is 5.72. The summed E-state index contributed by atoms with van der Waals surface area (Å²) in [6.45, 7) is 5.59. The minimum atomic E-state index is 0.572. The first-order chi connectivity index (χ1) is 9.16. The largest absolute Gasteiger partial charge is 0.314 e. The minimum Gasteiger partial charge on any atom is -0.314 e. The Morgan fingerprint density at radius 1 is 1.21 bits per heavy atom. The highest BCUT2D eigenvalue weighted by Gasteiger charge is 2.25. The lowest BCUT2D eigenvalue weighted by Gasteiger charge is -2.27. The maximum Gasteiger partial charge on any atom is 0.0408 e. The highest BCUT2D eigenvalue weighted by molar-refractivity contribution is 6.30. The number of hydrogen-bond donors (Lipinski definition) is 1. The van der Waals surface area contributed by atoms with Gasteiger partial charge in [0.2, 0.25) is 0 Å². The molecule has 2 rings (SSSR count). The van der Waals surface area contributed by atoms with Crippen LogP contribution in [0.15, 0.2) is 24.3 Å². The van der Waals surface area contributed by atoms with Crippen LogP contribution in [0.3, 0.4) is 0 Å². The van der Waals surface area contributed by atoms with Crippen molar-refractivity contribution in [2.24, 2.45) is 5.92 Å². The lowest BCUT2D eigenvalue weighted by atomic mass is 9.82. The molecule has 1 N–H and O–H groups in total. The third-order valence-electron chi connectivity index (χ3n) is 4.22. The monoisotopic (exact) mass is 279 g/mol. The van der Waals surface area contributed by atoms with Gasteiger partial charge >= 0.3 is 0 Å². The summed E-state index contributed by atoms with van der Waals surface area (Å²) in [5.41, 5.74) is 1.44. The predicted octanol–water partition coefficient (Wildman–Crippen LogP) is 5.00. The first-order valence-corrected chi connectivity index (χ1v) is 8.03. The SMILES string of the molecule is CC(C)NCC1CCCCCC1c1cccc(Cl)c1. The Bertz CT molecular complexity index is 389. The molecule has 0 saturated heterocycles. The van der Waals surface area contributed by atoms with Crippen molar-refractivity contribution in [1.29, 1.82) is 0 Å². The summed E-state index contributed by atoms with van der Waals surface area (Å²) in [6.07, 6.45) is 6.77. The van der Waals surface area contributed by atoms with E-state index in [0.29, 0.717) is 12.0 Å². The Balaban J connectivity index is 2.12. The second-order valence-electron chi connectivity index (χ2n) is 6.12. The number of hydrogen-bond acceptors (Lipinski definition) is 1. The van der Waals surface area contributed by atoms with Crippen LogP contribution in [0.2, 0.25) is 5.02 Å². The van der Waals surface area contributed by atoms with Gasteiger partial charge in [-0.1, -0.05) is 56.8 Å². The number of nitrogens with one attached hydrogen (secondary N) is 1. The van der Waals surface area contributed by atoms with E-state index in [2.05, 4.69) is 37.4 Å². The molecule has 0 aliphatic heterocycles. The van der Waals surface area contributed by atoms with E-state index in [1.165, 1.54) is 37.7 Å². The van der Waals surface area contributed by atoms with E-state index in [4.69, 9.17) is 11.6 Å². The second kappa shape index (κ2) is 7.31. The molecule has 2 atom stereocenters. The lowest BCUT2D eigenvalue weighted by molar-refractivity contribution is 0.363. The molecule has 0 aromatic heterocycles. The fourth-order valence-corrected chi connectivity index (χ4v) is 3.39. The smallest absolute Gasteiger partial charge is 0.0408 e. The molecule has 106 valence electrons.